The van der Waals surface area contributed by atoms with Crippen molar-refractivity contribution < 1.29 is 9.53 Å². The molecule has 1 amide bonds. The molecule has 1 aliphatic heterocycles. The highest BCUT2D eigenvalue weighted by molar-refractivity contribution is 5.68. The van der Waals surface area contributed by atoms with Crippen LogP contribution in [0.2, 0.25) is 0 Å². The lowest BCUT2D eigenvalue weighted by molar-refractivity contribution is 0.0255. The second-order valence-corrected chi connectivity index (χ2v) is 7.65. The molecule has 0 radical (unpaired) electrons. The summed E-state index contributed by atoms with van der Waals surface area (Å²) in [4.78, 5) is 16.5. The first-order chi connectivity index (χ1) is 11.2. The zero-order chi connectivity index (χ0) is 17.7. The molecule has 1 fully saturated rings. The van der Waals surface area contributed by atoms with Crippen LogP contribution < -0.4 is 5.73 Å². The van der Waals surface area contributed by atoms with E-state index >= 15 is 0 Å². The molecule has 2 rings (SSSR count). The van der Waals surface area contributed by atoms with Crippen molar-refractivity contribution in [2.45, 2.75) is 52.2 Å². The van der Waals surface area contributed by atoms with Crippen LogP contribution in [0.25, 0.3) is 0 Å². The van der Waals surface area contributed by atoms with Gasteiger partial charge in [0.2, 0.25) is 0 Å². The first-order valence-electron chi connectivity index (χ1n) is 8.81. The van der Waals surface area contributed by atoms with Crippen LogP contribution in [-0.2, 0) is 11.2 Å². The Hall–Kier alpha value is -1.75. The summed E-state index contributed by atoms with van der Waals surface area (Å²) in [5.41, 5.74) is 7.41. The number of carbonyl (C=O) groups is 1. The first kappa shape index (κ1) is 18.6. The fourth-order valence-corrected chi connectivity index (χ4v) is 3.01. The van der Waals surface area contributed by atoms with Gasteiger partial charge in [-0.2, -0.15) is 0 Å². The number of carbonyl (C=O) groups excluding carboxylic acids is 1. The summed E-state index contributed by atoms with van der Waals surface area (Å²) in [5.74, 6) is 0. The normalized spacial score (nSPS) is 18.1. The number of rotatable bonds is 3. The minimum absolute atomic E-state index is 0.199. The van der Waals surface area contributed by atoms with E-state index < -0.39 is 5.60 Å². The third kappa shape index (κ3) is 5.71. The lowest BCUT2D eigenvalue weighted by atomic mass is 10.1. The van der Waals surface area contributed by atoms with Gasteiger partial charge in [-0.15, -0.1) is 0 Å². The zero-order valence-corrected chi connectivity index (χ0v) is 15.4. The van der Waals surface area contributed by atoms with Gasteiger partial charge in [0.1, 0.15) is 5.60 Å². The molecule has 1 aromatic rings. The van der Waals surface area contributed by atoms with Gasteiger partial charge in [-0.25, -0.2) is 4.79 Å². The number of nitrogen functional groups attached to an aromatic ring is 1. The van der Waals surface area contributed by atoms with E-state index in [2.05, 4.69) is 24.0 Å². The Morgan fingerprint density at radius 1 is 1.17 bits per heavy atom. The van der Waals surface area contributed by atoms with Crippen LogP contribution in [0, 0.1) is 0 Å². The van der Waals surface area contributed by atoms with E-state index in [4.69, 9.17) is 10.5 Å². The molecule has 0 spiro atoms. The molecule has 5 heteroatoms. The van der Waals surface area contributed by atoms with Crippen molar-refractivity contribution in [1.29, 1.82) is 0 Å². The van der Waals surface area contributed by atoms with E-state index in [1.807, 2.05) is 37.8 Å². The number of amides is 1. The molecule has 1 aromatic carbocycles. The van der Waals surface area contributed by atoms with Gasteiger partial charge < -0.3 is 15.4 Å². The largest absolute Gasteiger partial charge is 0.444 e. The highest BCUT2D eigenvalue weighted by Crippen LogP contribution is 2.15. The van der Waals surface area contributed by atoms with Crippen LogP contribution in [0.1, 0.15) is 39.7 Å². The quantitative estimate of drug-likeness (QED) is 0.863. The second-order valence-electron chi connectivity index (χ2n) is 7.65. The van der Waals surface area contributed by atoms with Crippen LogP contribution in [0.3, 0.4) is 0 Å². The molecule has 1 heterocycles. The van der Waals surface area contributed by atoms with Crippen molar-refractivity contribution in [1.82, 2.24) is 9.80 Å². The van der Waals surface area contributed by atoms with Gasteiger partial charge in [-0.3, -0.25) is 4.90 Å². The predicted molar refractivity (Wildman–Crippen MR) is 98.0 cm³/mol. The van der Waals surface area contributed by atoms with Gasteiger partial charge in [-0.1, -0.05) is 12.1 Å². The molecule has 1 atom stereocenters. The Morgan fingerprint density at radius 2 is 1.83 bits per heavy atom. The Morgan fingerprint density at radius 3 is 2.46 bits per heavy atom. The molecule has 1 aliphatic rings. The molecule has 1 unspecified atom stereocenters. The van der Waals surface area contributed by atoms with Gasteiger partial charge in [0.15, 0.2) is 0 Å². The Balaban J connectivity index is 1.87. The fourth-order valence-electron chi connectivity index (χ4n) is 3.01. The van der Waals surface area contributed by atoms with E-state index in [-0.39, 0.29) is 6.09 Å². The van der Waals surface area contributed by atoms with Gasteiger partial charge in [0.25, 0.3) is 0 Å². The number of hydrogen-bond acceptors (Lipinski definition) is 4. The van der Waals surface area contributed by atoms with Gasteiger partial charge in [0, 0.05) is 37.9 Å². The number of hydrogen-bond donors (Lipinski definition) is 1. The van der Waals surface area contributed by atoms with Crippen molar-refractivity contribution in [3.8, 4) is 0 Å². The number of anilines is 1. The summed E-state index contributed by atoms with van der Waals surface area (Å²) >= 11 is 0. The fraction of sp³-hybridized carbons (Fsp3) is 0.632. The minimum atomic E-state index is -0.439. The van der Waals surface area contributed by atoms with Gasteiger partial charge in [0.05, 0.1) is 0 Å². The summed E-state index contributed by atoms with van der Waals surface area (Å²) < 4.78 is 5.49. The monoisotopic (exact) mass is 333 g/mol. The molecule has 2 N–H and O–H groups in total. The highest BCUT2D eigenvalue weighted by atomic mass is 16.6. The summed E-state index contributed by atoms with van der Waals surface area (Å²) in [6.07, 6.45) is 1.77. The van der Waals surface area contributed by atoms with Crippen molar-refractivity contribution >= 4 is 11.8 Å². The van der Waals surface area contributed by atoms with E-state index in [0.29, 0.717) is 6.04 Å². The molecular formula is C19H31N3O2. The number of ether oxygens (including phenoxy) is 1. The highest BCUT2D eigenvalue weighted by Gasteiger charge is 2.25. The van der Waals surface area contributed by atoms with Crippen LogP contribution in [-0.4, -0.2) is 53.7 Å². The molecule has 0 bridgehead atoms. The number of nitrogens with two attached hydrogens (primary N) is 1. The van der Waals surface area contributed by atoms with Crippen LogP contribution in [0.5, 0.6) is 0 Å². The summed E-state index contributed by atoms with van der Waals surface area (Å²) in [7, 11) is 0. The molecule has 134 valence electrons. The maximum Gasteiger partial charge on any atom is 0.410 e. The molecule has 0 aromatic heterocycles. The summed E-state index contributed by atoms with van der Waals surface area (Å²) in [6.45, 7) is 11.3. The Labute approximate surface area is 145 Å². The third-order valence-corrected chi connectivity index (χ3v) is 4.32. The topological polar surface area (TPSA) is 58.8 Å². The lowest BCUT2D eigenvalue weighted by Gasteiger charge is -2.28. The maximum atomic E-state index is 12.2. The van der Waals surface area contributed by atoms with Crippen molar-refractivity contribution in [3.05, 3.63) is 29.8 Å². The summed E-state index contributed by atoms with van der Waals surface area (Å²) in [5, 5.41) is 0. The number of benzene rings is 1. The van der Waals surface area contributed by atoms with Crippen molar-refractivity contribution in [3.63, 3.8) is 0 Å². The Kier molecular flexibility index (Phi) is 6.10. The van der Waals surface area contributed by atoms with E-state index in [1.165, 1.54) is 5.56 Å². The molecule has 5 nitrogen and oxygen atoms in total. The minimum Gasteiger partial charge on any atom is -0.444 e. The van der Waals surface area contributed by atoms with Gasteiger partial charge >= 0.3 is 6.09 Å². The standard InChI is InChI=1S/C19H31N3O2/c1-15(14-16-6-8-17(20)9-7-16)21-10-5-11-22(13-12-21)18(23)24-19(2,3)4/h6-9,15H,5,10-14,20H2,1-4H3. The molecule has 1 saturated heterocycles. The van der Waals surface area contributed by atoms with Crippen molar-refractivity contribution in [2.24, 2.45) is 0 Å². The van der Waals surface area contributed by atoms with Crippen LogP contribution in [0.4, 0.5) is 10.5 Å². The van der Waals surface area contributed by atoms with Crippen LogP contribution >= 0.6 is 0 Å². The first-order valence-corrected chi connectivity index (χ1v) is 8.81. The third-order valence-electron chi connectivity index (χ3n) is 4.32. The van der Waals surface area contributed by atoms with Crippen molar-refractivity contribution in [2.75, 3.05) is 31.9 Å². The molecular weight excluding hydrogens is 302 g/mol. The van der Waals surface area contributed by atoms with E-state index in [1.54, 1.807) is 0 Å². The van der Waals surface area contributed by atoms with E-state index in [0.717, 1.165) is 44.7 Å². The average molecular weight is 333 g/mol. The molecule has 0 saturated carbocycles. The average Bonchev–Trinajstić information content (AvgIpc) is 2.74. The lowest BCUT2D eigenvalue weighted by Crippen LogP contribution is -2.41. The number of nitrogens with zero attached hydrogens (tertiary/aromatic N) is 2. The zero-order valence-electron chi connectivity index (χ0n) is 15.4. The second kappa shape index (κ2) is 7.88. The predicted octanol–water partition coefficient (Wildman–Crippen LogP) is 3.14. The van der Waals surface area contributed by atoms with E-state index in [9.17, 15) is 4.79 Å². The molecule has 24 heavy (non-hydrogen) atoms. The van der Waals surface area contributed by atoms with Crippen LogP contribution in [0.15, 0.2) is 24.3 Å². The SMILES string of the molecule is CC(Cc1ccc(N)cc1)N1CCCN(C(=O)OC(C)(C)C)CC1. The maximum absolute atomic E-state index is 12.2. The Bertz CT molecular complexity index is 537. The molecule has 0 aliphatic carbocycles. The van der Waals surface area contributed by atoms with Gasteiger partial charge in [-0.05, 0) is 58.2 Å². The summed E-state index contributed by atoms with van der Waals surface area (Å²) in [6, 6.07) is 8.53. The smallest absolute Gasteiger partial charge is 0.410 e.